The highest BCUT2D eigenvalue weighted by atomic mass is 31.1. The van der Waals surface area contributed by atoms with Gasteiger partial charge in [0.1, 0.15) is 0 Å². The molecule has 0 radical (unpaired) electrons. The molecule has 0 aliphatic heterocycles. The Morgan fingerprint density at radius 1 is 1.70 bits per heavy atom. The Bertz CT molecular complexity index is 183. The molecule has 0 aliphatic carbocycles. The van der Waals surface area contributed by atoms with Crippen molar-refractivity contribution in [2.75, 3.05) is 0 Å². The second-order valence-electron chi connectivity index (χ2n) is 1.93. The van der Waals surface area contributed by atoms with Gasteiger partial charge in [0.15, 0.2) is 5.76 Å². The lowest BCUT2D eigenvalue weighted by atomic mass is 10.3. The van der Waals surface area contributed by atoms with Crippen molar-refractivity contribution in [3.05, 3.63) is 24.0 Å². The molecule has 0 bridgehead atoms. The molecule has 0 aromatic heterocycles. The van der Waals surface area contributed by atoms with Gasteiger partial charge in [-0.25, -0.2) is 4.52 Å². The first kappa shape index (κ1) is 9.34. The fraction of sp³-hybridized carbons (Fsp3) is 0.333. The standard InChI is InChI=1S/C6H9O3P/c1-5(2)4-6(3)9-10(7)8/h4H,1H2,2-3H3/p+1/b6-4+. The summed E-state index contributed by atoms with van der Waals surface area (Å²) in [4.78, 5) is 8.25. The maximum Gasteiger partial charge on any atom is 0.747 e. The lowest BCUT2D eigenvalue weighted by Gasteiger charge is -1.88. The molecule has 0 aromatic carbocycles. The zero-order valence-electron chi connectivity index (χ0n) is 6.00. The van der Waals surface area contributed by atoms with Crippen molar-refractivity contribution < 1.29 is 14.0 Å². The van der Waals surface area contributed by atoms with Gasteiger partial charge in [-0.3, -0.25) is 0 Å². The summed E-state index contributed by atoms with van der Waals surface area (Å²) in [6.45, 7) is 6.94. The summed E-state index contributed by atoms with van der Waals surface area (Å²) in [5.41, 5.74) is 0.786. The molecule has 0 aromatic rings. The van der Waals surface area contributed by atoms with E-state index in [1.165, 1.54) is 0 Å². The smallest absolute Gasteiger partial charge is 0.234 e. The van der Waals surface area contributed by atoms with Crippen LogP contribution in [0.1, 0.15) is 13.8 Å². The lowest BCUT2D eigenvalue weighted by Crippen LogP contribution is -1.76. The maximum atomic E-state index is 10.0. The Kier molecular flexibility index (Phi) is 3.93. The first-order valence-electron chi connectivity index (χ1n) is 2.70. The zero-order valence-corrected chi connectivity index (χ0v) is 6.89. The maximum absolute atomic E-state index is 10.0. The molecule has 0 amide bonds. The molecule has 0 aliphatic rings. The second kappa shape index (κ2) is 4.20. The highest BCUT2D eigenvalue weighted by Gasteiger charge is 2.12. The molecule has 1 unspecified atom stereocenters. The molecule has 0 rings (SSSR count). The van der Waals surface area contributed by atoms with Crippen molar-refractivity contribution in [2.24, 2.45) is 0 Å². The largest absolute Gasteiger partial charge is 0.747 e. The SMILES string of the molecule is C=C(C)/C=C(\C)O[P+](=O)O. The van der Waals surface area contributed by atoms with Crippen LogP contribution in [-0.2, 0) is 9.09 Å². The first-order valence-corrected chi connectivity index (χ1v) is 3.83. The summed E-state index contributed by atoms with van der Waals surface area (Å²) in [6.07, 6.45) is 1.59. The van der Waals surface area contributed by atoms with E-state index in [-0.39, 0.29) is 0 Å². The fourth-order valence-corrected chi connectivity index (χ4v) is 0.796. The third-order valence-electron chi connectivity index (χ3n) is 0.672. The monoisotopic (exact) mass is 161 g/mol. The number of hydrogen-bond acceptors (Lipinski definition) is 2. The van der Waals surface area contributed by atoms with E-state index in [0.29, 0.717) is 5.76 Å². The van der Waals surface area contributed by atoms with Crippen LogP contribution >= 0.6 is 8.25 Å². The third kappa shape index (κ3) is 5.48. The van der Waals surface area contributed by atoms with Crippen molar-refractivity contribution in [1.82, 2.24) is 0 Å². The molecule has 1 N–H and O–H groups in total. The van der Waals surface area contributed by atoms with Crippen molar-refractivity contribution in [3.8, 4) is 0 Å². The quantitative estimate of drug-likeness (QED) is 0.391. The zero-order chi connectivity index (χ0) is 8.15. The molecule has 0 saturated carbocycles. The highest BCUT2D eigenvalue weighted by molar-refractivity contribution is 7.32. The van der Waals surface area contributed by atoms with Gasteiger partial charge in [-0.2, -0.15) is 0 Å². The fourth-order valence-electron chi connectivity index (χ4n) is 0.497. The van der Waals surface area contributed by atoms with Gasteiger partial charge < -0.3 is 0 Å². The Hall–Kier alpha value is -0.660. The van der Waals surface area contributed by atoms with Gasteiger partial charge in [-0.1, -0.05) is 12.2 Å². The van der Waals surface area contributed by atoms with E-state index in [4.69, 9.17) is 4.89 Å². The van der Waals surface area contributed by atoms with Crippen molar-refractivity contribution >= 4 is 8.25 Å². The van der Waals surface area contributed by atoms with Gasteiger partial charge in [0.2, 0.25) is 0 Å². The second-order valence-corrected chi connectivity index (χ2v) is 2.59. The van der Waals surface area contributed by atoms with Crippen LogP contribution in [0, 0.1) is 0 Å². The molecule has 1 atom stereocenters. The molecule has 10 heavy (non-hydrogen) atoms. The minimum atomic E-state index is -2.53. The molecular formula is C6H10O3P+. The van der Waals surface area contributed by atoms with E-state index in [9.17, 15) is 4.57 Å². The number of hydrogen-bond donors (Lipinski definition) is 1. The van der Waals surface area contributed by atoms with E-state index in [1.807, 2.05) is 0 Å². The predicted molar refractivity (Wildman–Crippen MR) is 39.5 cm³/mol. The van der Waals surface area contributed by atoms with Crippen molar-refractivity contribution in [3.63, 3.8) is 0 Å². The van der Waals surface area contributed by atoms with Gasteiger partial charge in [0, 0.05) is 4.57 Å². The number of rotatable bonds is 3. The molecule has 0 spiro atoms. The Morgan fingerprint density at radius 3 is 2.50 bits per heavy atom. The van der Waals surface area contributed by atoms with Gasteiger partial charge in [0.25, 0.3) is 0 Å². The van der Waals surface area contributed by atoms with Crippen LogP contribution in [0.3, 0.4) is 0 Å². The van der Waals surface area contributed by atoms with Crippen LogP contribution in [-0.4, -0.2) is 4.89 Å². The van der Waals surface area contributed by atoms with Crippen LogP contribution in [0.15, 0.2) is 24.0 Å². The van der Waals surface area contributed by atoms with Crippen molar-refractivity contribution in [2.45, 2.75) is 13.8 Å². The van der Waals surface area contributed by atoms with E-state index in [0.717, 1.165) is 5.57 Å². The minimum Gasteiger partial charge on any atom is -0.234 e. The topological polar surface area (TPSA) is 46.5 Å². The molecule has 0 heterocycles. The van der Waals surface area contributed by atoms with Crippen LogP contribution in [0.5, 0.6) is 0 Å². The third-order valence-corrected chi connectivity index (χ3v) is 1.12. The van der Waals surface area contributed by atoms with E-state index < -0.39 is 8.25 Å². The molecule has 4 heteroatoms. The average Bonchev–Trinajstić information content (AvgIpc) is 1.58. The Morgan fingerprint density at radius 2 is 2.20 bits per heavy atom. The van der Waals surface area contributed by atoms with Crippen LogP contribution in [0.25, 0.3) is 0 Å². The molecule has 56 valence electrons. The summed E-state index contributed by atoms with van der Waals surface area (Å²) < 4.78 is 14.5. The van der Waals surface area contributed by atoms with E-state index in [1.54, 1.807) is 19.9 Å². The predicted octanol–water partition coefficient (Wildman–Crippen LogP) is 2.13. The van der Waals surface area contributed by atoms with Crippen LogP contribution < -0.4 is 0 Å². The molecule has 3 nitrogen and oxygen atoms in total. The molecular weight excluding hydrogens is 151 g/mol. The minimum absolute atomic E-state index is 0.399. The first-order chi connectivity index (χ1) is 4.52. The summed E-state index contributed by atoms with van der Waals surface area (Å²) in [5.74, 6) is 0.399. The van der Waals surface area contributed by atoms with Crippen LogP contribution in [0.2, 0.25) is 0 Å². The van der Waals surface area contributed by atoms with Gasteiger partial charge in [-0.05, 0) is 19.9 Å². The summed E-state index contributed by atoms with van der Waals surface area (Å²) in [6, 6.07) is 0. The van der Waals surface area contributed by atoms with Gasteiger partial charge in [0.05, 0.1) is 0 Å². The normalized spacial score (nSPS) is 12.7. The summed E-state index contributed by atoms with van der Waals surface area (Å²) in [7, 11) is -2.53. The van der Waals surface area contributed by atoms with E-state index >= 15 is 0 Å². The van der Waals surface area contributed by atoms with Crippen LogP contribution in [0.4, 0.5) is 0 Å². The Balaban J connectivity index is 3.95. The number of allylic oxidation sites excluding steroid dienone is 3. The molecule has 0 fully saturated rings. The Labute approximate surface area is 61.0 Å². The van der Waals surface area contributed by atoms with Gasteiger partial charge in [-0.15, -0.1) is 4.89 Å². The average molecular weight is 161 g/mol. The summed E-state index contributed by atoms with van der Waals surface area (Å²) in [5, 5.41) is 0. The summed E-state index contributed by atoms with van der Waals surface area (Å²) >= 11 is 0. The lowest BCUT2D eigenvalue weighted by molar-refractivity contribution is 0.352. The van der Waals surface area contributed by atoms with E-state index in [2.05, 4.69) is 11.1 Å². The highest BCUT2D eigenvalue weighted by Crippen LogP contribution is 2.20. The van der Waals surface area contributed by atoms with Gasteiger partial charge >= 0.3 is 8.25 Å². The van der Waals surface area contributed by atoms with Crippen molar-refractivity contribution in [1.29, 1.82) is 0 Å². The molecule has 0 saturated heterocycles.